The Morgan fingerprint density at radius 3 is 2.77 bits per heavy atom. The van der Waals surface area contributed by atoms with Gasteiger partial charge in [0.1, 0.15) is 0 Å². The Hall–Kier alpha value is -1.32. The van der Waals surface area contributed by atoms with Crippen molar-refractivity contribution in [2.75, 3.05) is 5.73 Å². The zero-order chi connectivity index (χ0) is 15.1. The standard InChI is InChI=1S/C19H21BrN2/c20-15-5-1-4-13(9-15)19-14-7-8-16(22-19)10-12-3-2-6-18(21)17(12)11-14/h1-6,9,14,16,19,22H,7-8,10-11,21H2/t14-,16+,19-/m0/s1. The first-order valence-corrected chi connectivity index (χ1v) is 8.88. The topological polar surface area (TPSA) is 38.0 Å². The first-order valence-electron chi connectivity index (χ1n) is 8.08. The van der Waals surface area contributed by atoms with Crippen LogP contribution in [-0.2, 0) is 12.8 Å². The number of piperidine rings is 1. The number of benzene rings is 2. The lowest BCUT2D eigenvalue weighted by Crippen LogP contribution is -2.45. The summed E-state index contributed by atoms with van der Waals surface area (Å²) in [7, 11) is 0. The minimum absolute atomic E-state index is 0.434. The smallest absolute Gasteiger partial charge is 0.0354 e. The molecule has 0 saturated carbocycles. The fourth-order valence-electron chi connectivity index (χ4n) is 4.13. The lowest BCUT2D eigenvalue weighted by atomic mass is 9.75. The van der Waals surface area contributed by atoms with Crippen molar-refractivity contribution in [2.45, 2.75) is 37.8 Å². The van der Waals surface area contributed by atoms with E-state index in [1.165, 1.54) is 29.5 Å². The van der Waals surface area contributed by atoms with Crippen molar-refractivity contribution in [3.05, 3.63) is 63.6 Å². The number of hydrogen-bond donors (Lipinski definition) is 2. The summed E-state index contributed by atoms with van der Waals surface area (Å²) in [5.74, 6) is 0.620. The SMILES string of the molecule is Nc1cccc2c1C[C@@H]1CC[C@H](C2)N[C@H]1c1cccc(Br)c1. The van der Waals surface area contributed by atoms with Crippen LogP contribution in [0.1, 0.15) is 35.6 Å². The van der Waals surface area contributed by atoms with Crippen molar-refractivity contribution in [3.8, 4) is 0 Å². The fraction of sp³-hybridized carbons (Fsp3) is 0.368. The van der Waals surface area contributed by atoms with Crippen LogP contribution in [0.25, 0.3) is 0 Å². The maximum absolute atomic E-state index is 6.27. The highest BCUT2D eigenvalue weighted by Gasteiger charge is 2.34. The van der Waals surface area contributed by atoms with Crippen molar-refractivity contribution < 1.29 is 0 Å². The molecule has 2 aromatic carbocycles. The molecule has 0 radical (unpaired) electrons. The highest BCUT2D eigenvalue weighted by Crippen LogP contribution is 2.39. The Morgan fingerprint density at radius 1 is 1.05 bits per heavy atom. The molecule has 3 aliphatic rings. The number of hydrogen-bond acceptors (Lipinski definition) is 2. The number of anilines is 1. The van der Waals surface area contributed by atoms with Crippen LogP contribution in [0.2, 0.25) is 0 Å². The van der Waals surface area contributed by atoms with Gasteiger partial charge in [0, 0.05) is 22.2 Å². The van der Waals surface area contributed by atoms with Crippen LogP contribution in [0.4, 0.5) is 5.69 Å². The van der Waals surface area contributed by atoms with Crippen LogP contribution in [0, 0.1) is 5.92 Å². The molecule has 3 atom stereocenters. The van der Waals surface area contributed by atoms with Crippen molar-refractivity contribution >= 4 is 21.6 Å². The number of nitrogens with two attached hydrogens (primary N) is 1. The molecule has 1 aliphatic carbocycles. The van der Waals surface area contributed by atoms with Crippen LogP contribution in [-0.4, -0.2) is 6.04 Å². The van der Waals surface area contributed by atoms with Crippen molar-refractivity contribution in [1.82, 2.24) is 5.32 Å². The molecule has 0 aromatic heterocycles. The highest BCUT2D eigenvalue weighted by atomic mass is 79.9. The van der Waals surface area contributed by atoms with E-state index < -0.39 is 0 Å². The van der Waals surface area contributed by atoms with Gasteiger partial charge in [-0.2, -0.15) is 0 Å². The van der Waals surface area contributed by atoms with Gasteiger partial charge in [-0.3, -0.25) is 0 Å². The zero-order valence-corrected chi connectivity index (χ0v) is 14.1. The summed E-state index contributed by atoms with van der Waals surface area (Å²) in [5, 5.41) is 3.90. The molecule has 2 heterocycles. The van der Waals surface area contributed by atoms with Crippen LogP contribution >= 0.6 is 15.9 Å². The van der Waals surface area contributed by atoms with E-state index >= 15 is 0 Å². The molecule has 3 N–H and O–H groups in total. The van der Waals surface area contributed by atoms with E-state index in [0.717, 1.165) is 23.0 Å². The fourth-order valence-corrected chi connectivity index (χ4v) is 4.54. The lowest BCUT2D eigenvalue weighted by Gasteiger charge is -2.41. The summed E-state index contributed by atoms with van der Waals surface area (Å²) in [6.45, 7) is 0. The molecular weight excluding hydrogens is 336 g/mol. The Labute approximate surface area is 140 Å². The Bertz CT molecular complexity index is 698. The summed E-state index contributed by atoms with van der Waals surface area (Å²) < 4.78 is 1.16. The van der Waals surface area contributed by atoms with Crippen LogP contribution in [0.15, 0.2) is 46.9 Å². The van der Waals surface area contributed by atoms with E-state index in [2.05, 4.69) is 63.7 Å². The average molecular weight is 357 g/mol. The molecule has 2 bridgehead atoms. The summed E-state index contributed by atoms with van der Waals surface area (Å²) in [6, 6.07) is 16.1. The predicted octanol–water partition coefficient (Wildman–Crippen LogP) is 4.24. The number of rotatable bonds is 1. The van der Waals surface area contributed by atoms with E-state index in [4.69, 9.17) is 5.73 Å². The Balaban J connectivity index is 1.73. The third kappa shape index (κ3) is 2.57. The first-order chi connectivity index (χ1) is 10.7. The molecule has 0 amide bonds. The molecule has 0 unspecified atom stereocenters. The second kappa shape index (κ2) is 5.71. The first kappa shape index (κ1) is 14.3. The van der Waals surface area contributed by atoms with Gasteiger partial charge in [0.2, 0.25) is 0 Å². The molecule has 1 fully saturated rings. The number of fused-ring (bicyclic) bond motifs is 2. The maximum atomic E-state index is 6.27. The molecule has 2 nitrogen and oxygen atoms in total. The van der Waals surface area contributed by atoms with Crippen LogP contribution < -0.4 is 11.1 Å². The third-order valence-corrected chi connectivity index (χ3v) is 5.72. The van der Waals surface area contributed by atoms with Gasteiger partial charge in [-0.15, -0.1) is 0 Å². The highest BCUT2D eigenvalue weighted by molar-refractivity contribution is 9.10. The Kier molecular flexibility index (Phi) is 3.71. The minimum atomic E-state index is 0.434. The Morgan fingerprint density at radius 2 is 1.91 bits per heavy atom. The van der Waals surface area contributed by atoms with Crippen molar-refractivity contribution in [3.63, 3.8) is 0 Å². The summed E-state index contributed by atoms with van der Waals surface area (Å²) >= 11 is 3.61. The number of nitrogens with one attached hydrogen (secondary N) is 1. The molecule has 3 heteroatoms. The summed E-state index contributed by atoms with van der Waals surface area (Å²) in [5.41, 5.74) is 11.5. The van der Waals surface area contributed by atoms with Gasteiger partial charge in [-0.05, 0) is 66.5 Å². The second-order valence-corrected chi connectivity index (χ2v) is 7.54. The zero-order valence-electron chi connectivity index (χ0n) is 12.6. The van der Waals surface area contributed by atoms with Gasteiger partial charge in [0.05, 0.1) is 0 Å². The second-order valence-electron chi connectivity index (χ2n) is 6.63. The van der Waals surface area contributed by atoms with Gasteiger partial charge >= 0.3 is 0 Å². The van der Waals surface area contributed by atoms with Gasteiger partial charge in [0.25, 0.3) is 0 Å². The maximum Gasteiger partial charge on any atom is 0.0354 e. The van der Waals surface area contributed by atoms with E-state index in [1.807, 2.05) is 0 Å². The average Bonchev–Trinajstić information content (AvgIpc) is 2.48. The summed E-state index contributed by atoms with van der Waals surface area (Å²) in [6.07, 6.45) is 4.72. The van der Waals surface area contributed by atoms with Gasteiger partial charge < -0.3 is 11.1 Å². The van der Waals surface area contributed by atoms with Crippen LogP contribution in [0.3, 0.4) is 0 Å². The number of halogens is 1. The van der Waals surface area contributed by atoms with E-state index in [1.54, 1.807) is 0 Å². The molecule has 22 heavy (non-hydrogen) atoms. The predicted molar refractivity (Wildman–Crippen MR) is 94.8 cm³/mol. The van der Waals surface area contributed by atoms with Crippen molar-refractivity contribution in [2.24, 2.45) is 5.92 Å². The molecular formula is C19H21BrN2. The van der Waals surface area contributed by atoms with Gasteiger partial charge in [0.15, 0.2) is 0 Å². The molecule has 114 valence electrons. The normalized spacial score (nSPS) is 27.0. The minimum Gasteiger partial charge on any atom is -0.398 e. The molecule has 0 spiro atoms. The van der Waals surface area contributed by atoms with Gasteiger partial charge in [-0.25, -0.2) is 0 Å². The van der Waals surface area contributed by atoms with E-state index in [-0.39, 0.29) is 0 Å². The quantitative estimate of drug-likeness (QED) is 0.750. The van der Waals surface area contributed by atoms with E-state index in [9.17, 15) is 0 Å². The largest absolute Gasteiger partial charge is 0.398 e. The molecule has 1 saturated heterocycles. The molecule has 5 rings (SSSR count). The third-order valence-electron chi connectivity index (χ3n) is 5.22. The lowest BCUT2D eigenvalue weighted by molar-refractivity contribution is 0.221. The summed E-state index contributed by atoms with van der Waals surface area (Å²) in [4.78, 5) is 0. The van der Waals surface area contributed by atoms with Crippen molar-refractivity contribution in [1.29, 1.82) is 0 Å². The van der Waals surface area contributed by atoms with Gasteiger partial charge in [-0.1, -0.05) is 40.2 Å². The van der Waals surface area contributed by atoms with Crippen LogP contribution in [0.5, 0.6) is 0 Å². The van der Waals surface area contributed by atoms with E-state index in [0.29, 0.717) is 18.0 Å². The monoisotopic (exact) mass is 356 g/mol. The molecule has 2 aromatic rings. The molecule has 2 aliphatic heterocycles. The number of nitrogen functional groups attached to an aromatic ring is 1.